The number of nitrogens with one attached hydrogen (secondary N) is 2. The number of amides is 1. The maximum atomic E-state index is 10.5. The van der Waals surface area contributed by atoms with Crippen LogP contribution in [0.5, 0.6) is 0 Å². The van der Waals surface area contributed by atoms with Gasteiger partial charge < -0.3 is 10.6 Å². The lowest BCUT2D eigenvalue weighted by molar-refractivity contribution is -0.118. The van der Waals surface area contributed by atoms with E-state index in [1.807, 2.05) is 6.07 Å². The van der Waals surface area contributed by atoms with Gasteiger partial charge in [0.25, 0.3) is 0 Å². The van der Waals surface area contributed by atoms with Gasteiger partial charge >= 0.3 is 0 Å². The zero-order valence-electron chi connectivity index (χ0n) is 7.97. The molecule has 1 heterocycles. The lowest BCUT2D eigenvalue weighted by atomic mass is 10.4. The molecular weight excluding hydrogens is 264 g/mol. The molecule has 0 atom stereocenters. The molecule has 0 aromatic carbocycles. The second-order valence-electron chi connectivity index (χ2n) is 2.85. The highest BCUT2D eigenvalue weighted by Crippen LogP contribution is 2.21. The molecule has 0 radical (unpaired) electrons. The van der Waals surface area contributed by atoms with Crippen LogP contribution < -0.4 is 10.6 Å². The molecule has 0 fully saturated rings. The fourth-order valence-corrected chi connectivity index (χ4v) is 2.44. The van der Waals surface area contributed by atoms with Gasteiger partial charge in [-0.1, -0.05) is 0 Å². The van der Waals surface area contributed by atoms with Crippen molar-refractivity contribution in [2.24, 2.45) is 0 Å². The van der Waals surface area contributed by atoms with Crippen LogP contribution in [0, 0.1) is 0 Å². The van der Waals surface area contributed by atoms with Crippen LogP contribution in [0.15, 0.2) is 15.9 Å². The van der Waals surface area contributed by atoms with E-state index in [2.05, 4.69) is 31.9 Å². The van der Waals surface area contributed by atoms with Crippen LogP contribution in [-0.4, -0.2) is 19.0 Å². The molecule has 0 unspecified atom stereocenters. The molecule has 0 aliphatic rings. The summed E-state index contributed by atoms with van der Waals surface area (Å²) < 4.78 is 1.15. The zero-order valence-corrected chi connectivity index (χ0v) is 10.4. The van der Waals surface area contributed by atoms with Crippen molar-refractivity contribution in [2.45, 2.75) is 13.5 Å². The third-order valence-electron chi connectivity index (χ3n) is 1.65. The molecular formula is C9H13BrN2OS. The maximum absolute atomic E-state index is 10.5. The topological polar surface area (TPSA) is 41.1 Å². The molecule has 78 valence electrons. The average Bonchev–Trinajstić information content (AvgIpc) is 2.51. The van der Waals surface area contributed by atoms with E-state index in [4.69, 9.17) is 0 Å². The van der Waals surface area contributed by atoms with Crippen molar-refractivity contribution in [3.05, 3.63) is 20.8 Å². The summed E-state index contributed by atoms with van der Waals surface area (Å²) in [6.07, 6.45) is 0. The number of thiophene rings is 1. The molecule has 0 aliphatic heterocycles. The molecule has 1 rings (SSSR count). The van der Waals surface area contributed by atoms with Crippen LogP contribution in [0.25, 0.3) is 0 Å². The van der Waals surface area contributed by atoms with Crippen LogP contribution in [0.1, 0.15) is 11.8 Å². The highest BCUT2D eigenvalue weighted by Gasteiger charge is 1.99. The van der Waals surface area contributed by atoms with Gasteiger partial charge in [-0.2, -0.15) is 0 Å². The minimum Gasteiger partial charge on any atom is -0.355 e. The van der Waals surface area contributed by atoms with Crippen molar-refractivity contribution in [3.8, 4) is 0 Å². The Morgan fingerprint density at radius 2 is 2.36 bits per heavy atom. The predicted molar refractivity (Wildman–Crippen MR) is 62.4 cm³/mol. The van der Waals surface area contributed by atoms with Gasteiger partial charge in [0.05, 0.1) is 0 Å². The van der Waals surface area contributed by atoms with Crippen LogP contribution in [0.3, 0.4) is 0 Å². The molecule has 14 heavy (non-hydrogen) atoms. The first-order valence-electron chi connectivity index (χ1n) is 4.37. The van der Waals surface area contributed by atoms with Crippen LogP contribution in [0.4, 0.5) is 0 Å². The van der Waals surface area contributed by atoms with E-state index in [0.717, 1.165) is 17.6 Å². The van der Waals surface area contributed by atoms with Gasteiger partial charge in [0.1, 0.15) is 0 Å². The van der Waals surface area contributed by atoms with Crippen LogP contribution in [0.2, 0.25) is 0 Å². The summed E-state index contributed by atoms with van der Waals surface area (Å²) in [6, 6.07) is 2.04. The van der Waals surface area contributed by atoms with Gasteiger partial charge in [0.2, 0.25) is 5.91 Å². The van der Waals surface area contributed by atoms with Crippen molar-refractivity contribution in [1.29, 1.82) is 0 Å². The van der Waals surface area contributed by atoms with Crippen molar-refractivity contribution in [3.63, 3.8) is 0 Å². The number of hydrogen-bond acceptors (Lipinski definition) is 3. The van der Waals surface area contributed by atoms with E-state index in [1.165, 1.54) is 11.8 Å². The Balaban J connectivity index is 2.10. The van der Waals surface area contributed by atoms with Gasteiger partial charge in [-0.15, -0.1) is 11.3 Å². The third-order valence-corrected chi connectivity index (χ3v) is 3.58. The Morgan fingerprint density at radius 1 is 1.57 bits per heavy atom. The fraction of sp³-hybridized carbons (Fsp3) is 0.444. The zero-order chi connectivity index (χ0) is 10.4. The van der Waals surface area contributed by atoms with Gasteiger partial charge in [-0.05, 0) is 27.4 Å². The number of rotatable bonds is 5. The minimum atomic E-state index is 0.0177. The van der Waals surface area contributed by atoms with E-state index in [0.29, 0.717) is 6.54 Å². The Morgan fingerprint density at radius 3 is 2.93 bits per heavy atom. The van der Waals surface area contributed by atoms with E-state index in [-0.39, 0.29) is 5.91 Å². The maximum Gasteiger partial charge on any atom is 0.216 e. The summed E-state index contributed by atoms with van der Waals surface area (Å²) in [7, 11) is 0. The van der Waals surface area contributed by atoms with Crippen molar-refractivity contribution in [1.82, 2.24) is 10.6 Å². The first kappa shape index (κ1) is 11.7. The SMILES string of the molecule is CC(=O)NCCNCc1sccc1Br. The Hall–Kier alpha value is -0.390. The summed E-state index contributed by atoms with van der Waals surface area (Å²) in [5, 5.41) is 8.03. The van der Waals surface area contributed by atoms with Crippen molar-refractivity contribution >= 4 is 33.2 Å². The van der Waals surface area contributed by atoms with Crippen LogP contribution >= 0.6 is 27.3 Å². The lowest BCUT2D eigenvalue weighted by Crippen LogP contribution is -2.29. The van der Waals surface area contributed by atoms with Gasteiger partial charge in [-0.25, -0.2) is 0 Å². The molecule has 1 amide bonds. The number of carbonyl (C=O) groups excluding carboxylic acids is 1. The van der Waals surface area contributed by atoms with E-state index in [9.17, 15) is 4.79 Å². The Kier molecular flexibility index (Phi) is 5.14. The predicted octanol–water partition coefficient (Wildman–Crippen LogP) is 1.74. The summed E-state index contributed by atoms with van der Waals surface area (Å²) in [6.45, 7) is 3.84. The molecule has 5 heteroatoms. The quantitative estimate of drug-likeness (QED) is 0.805. The van der Waals surface area contributed by atoms with E-state index in [1.54, 1.807) is 11.3 Å². The second-order valence-corrected chi connectivity index (χ2v) is 4.71. The largest absolute Gasteiger partial charge is 0.355 e. The summed E-state index contributed by atoms with van der Waals surface area (Å²) in [4.78, 5) is 11.8. The van der Waals surface area contributed by atoms with Crippen molar-refractivity contribution < 1.29 is 4.79 Å². The molecule has 0 saturated heterocycles. The highest BCUT2D eigenvalue weighted by molar-refractivity contribution is 9.10. The Bertz CT molecular complexity index is 301. The summed E-state index contributed by atoms with van der Waals surface area (Å²) >= 11 is 5.18. The first-order valence-corrected chi connectivity index (χ1v) is 6.04. The molecule has 2 N–H and O–H groups in total. The molecule has 1 aromatic heterocycles. The van der Waals surface area contributed by atoms with Gasteiger partial charge in [0.15, 0.2) is 0 Å². The minimum absolute atomic E-state index is 0.0177. The van der Waals surface area contributed by atoms with Crippen molar-refractivity contribution in [2.75, 3.05) is 13.1 Å². The number of carbonyl (C=O) groups is 1. The molecule has 3 nitrogen and oxygen atoms in total. The van der Waals surface area contributed by atoms with E-state index < -0.39 is 0 Å². The summed E-state index contributed by atoms with van der Waals surface area (Å²) in [5.74, 6) is 0.0177. The van der Waals surface area contributed by atoms with Gasteiger partial charge in [-0.3, -0.25) is 4.79 Å². The second kappa shape index (κ2) is 6.16. The van der Waals surface area contributed by atoms with Crippen LogP contribution in [-0.2, 0) is 11.3 Å². The average molecular weight is 277 g/mol. The Labute approximate surface area is 96.0 Å². The normalized spacial score (nSPS) is 10.1. The third kappa shape index (κ3) is 4.21. The number of halogens is 1. The standard InChI is InChI=1S/C9H13BrN2OS/c1-7(13)12-4-3-11-6-9-8(10)2-5-14-9/h2,5,11H,3-4,6H2,1H3,(H,12,13). The monoisotopic (exact) mass is 276 g/mol. The smallest absolute Gasteiger partial charge is 0.216 e. The lowest BCUT2D eigenvalue weighted by Gasteiger charge is -2.03. The molecule has 1 aromatic rings. The first-order chi connectivity index (χ1) is 6.70. The molecule has 0 bridgehead atoms. The highest BCUT2D eigenvalue weighted by atomic mass is 79.9. The van der Waals surface area contributed by atoms with Gasteiger partial charge in [0, 0.05) is 35.9 Å². The molecule has 0 spiro atoms. The molecule has 0 saturated carbocycles. The summed E-state index contributed by atoms with van der Waals surface area (Å²) in [5.41, 5.74) is 0. The van der Waals surface area contributed by atoms with E-state index >= 15 is 0 Å². The number of hydrogen-bond donors (Lipinski definition) is 2. The molecule has 0 aliphatic carbocycles. The fourth-order valence-electron chi connectivity index (χ4n) is 0.980.